The largest absolute Gasteiger partial charge is 0.459 e. The molecular formula is C18H26N6O3. The molecule has 9 nitrogen and oxygen atoms in total. The summed E-state index contributed by atoms with van der Waals surface area (Å²) in [5.74, 6) is 1.14. The molecule has 0 bridgehead atoms. The molecule has 2 fully saturated rings. The van der Waals surface area contributed by atoms with Crippen molar-refractivity contribution in [3.63, 3.8) is 0 Å². The molecule has 2 aliphatic rings. The molecule has 2 saturated heterocycles. The third kappa shape index (κ3) is 3.37. The van der Waals surface area contributed by atoms with Crippen LogP contribution in [0.2, 0.25) is 0 Å². The second-order valence-electron chi connectivity index (χ2n) is 7.25. The molecule has 0 saturated carbocycles. The number of piperidine rings is 1. The normalized spacial score (nSPS) is 23.8. The molecule has 27 heavy (non-hydrogen) atoms. The third-order valence-corrected chi connectivity index (χ3v) is 5.66. The van der Waals surface area contributed by atoms with Crippen molar-refractivity contribution in [3.05, 3.63) is 30.0 Å². The second kappa shape index (κ2) is 7.77. The molecule has 146 valence electrons. The molecular weight excluding hydrogens is 348 g/mol. The first-order chi connectivity index (χ1) is 13.2. The van der Waals surface area contributed by atoms with Gasteiger partial charge in [-0.15, -0.1) is 5.10 Å². The van der Waals surface area contributed by atoms with Gasteiger partial charge >= 0.3 is 0 Å². The van der Waals surface area contributed by atoms with Gasteiger partial charge < -0.3 is 14.1 Å². The number of tetrazole rings is 1. The maximum atomic E-state index is 12.9. The van der Waals surface area contributed by atoms with E-state index in [2.05, 4.69) is 20.4 Å². The Morgan fingerprint density at radius 3 is 2.89 bits per heavy atom. The van der Waals surface area contributed by atoms with Crippen molar-refractivity contribution in [2.75, 3.05) is 39.9 Å². The number of nitrogens with zero attached hydrogens (tertiary/aromatic N) is 6. The van der Waals surface area contributed by atoms with E-state index in [1.165, 1.54) is 6.26 Å². The van der Waals surface area contributed by atoms with Crippen LogP contribution in [0, 0.1) is 0 Å². The van der Waals surface area contributed by atoms with Gasteiger partial charge in [-0.1, -0.05) is 0 Å². The molecule has 2 aliphatic heterocycles. The zero-order valence-corrected chi connectivity index (χ0v) is 15.7. The van der Waals surface area contributed by atoms with E-state index in [1.807, 2.05) is 9.58 Å². The fraction of sp³-hybridized carbons (Fsp3) is 0.667. The molecule has 0 spiro atoms. The van der Waals surface area contributed by atoms with Crippen molar-refractivity contribution in [2.24, 2.45) is 0 Å². The number of hydrogen-bond acceptors (Lipinski definition) is 7. The van der Waals surface area contributed by atoms with Crippen LogP contribution in [0.15, 0.2) is 22.8 Å². The Morgan fingerprint density at radius 1 is 1.30 bits per heavy atom. The molecule has 1 unspecified atom stereocenters. The van der Waals surface area contributed by atoms with Crippen LogP contribution < -0.4 is 0 Å². The molecule has 9 heteroatoms. The van der Waals surface area contributed by atoms with E-state index in [0.29, 0.717) is 25.5 Å². The Kier molecular flexibility index (Phi) is 5.22. The van der Waals surface area contributed by atoms with E-state index in [1.54, 1.807) is 19.2 Å². The first-order valence-corrected chi connectivity index (χ1v) is 9.58. The number of hydrogen-bond donors (Lipinski definition) is 0. The summed E-state index contributed by atoms with van der Waals surface area (Å²) in [6, 6.07) is 3.47. The van der Waals surface area contributed by atoms with Gasteiger partial charge in [-0.25, -0.2) is 4.68 Å². The average Bonchev–Trinajstić information content (AvgIpc) is 3.48. The standard InChI is InChI=1S/C18H26N6O3/c1-26-13-11-24-17(19-20-21-24)18(23-9-2-3-10-23)7-5-8-22(14-18)16(25)15-6-4-12-27-15/h4,6,12H,2-3,5,7-11,13-14H2,1H3. The van der Waals surface area contributed by atoms with Crippen LogP contribution in [-0.4, -0.2) is 75.8 Å². The Balaban J connectivity index is 1.67. The minimum atomic E-state index is -0.367. The van der Waals surface area contributed by atoms with Crippen molar-refractivity contribution in [3.8, 4) is 0 Å². The van der Waals surface area contributed by atoms with Gasteiger partial charge in [0.1, 0.15) is 5.54 Å². The number of likely N-dealkylation sites (tertiary alicyclic amines) is 2. The van der Waals surface area contributed by atoms with Gasteiger partial charge in [0.15, 0.2) is 11.6 Å². The Labute approximate surface area is 158 Å². The van der Waals surface area contributed by atoms with E-state index >= 15 is 0 Å². The van der Waals surface area contributed by atoms with Gasteiger partial charge in [-0.2, -0.15) is 0 Å². The highest BCUT2D eigenvalue weighted by Gasteiger charge is 2.48. The van der Waals surface area contributed by atoms with Crippen LogP contribution in [0.4, 0.5) is 0 Å². The van der Waals surface area contributed by atoms with E-state index in [0.717, 1.165) is 51.1 Å². The predicted molar refractivity (Wildman–Crippen MR) is 96.0 cm³/mol. The number of carbonyl (C=O) groups excluding carboxylic acids is 1. The smallest absolute Gasteiger partial charge is 0.289 e. The summed E-state index contributed by atoms with van der Waals surface area (Å²) in [4.78, 5) is 17.3. The van der Waals surface area contributed by atoms with E-state index in [4.69, 9.17) is 9.15 Å². The van der Waals surface area contributed by atoms with Crippen molar-refractivity contribution >= 4 is 5.91 Å². The Morgan fingerprint density at radius 2 is 2.15 bits per heavy atom. The summed E-state index contributed by atoms with van der Waals surface area (Å²) in [5.41, 5.74) is -0.367. The highest BCUT2D eigenvalue weighted by molar-refractivity contribution is 5.91. The van der Waals surface area contributed by atoms with E-state index in [9.17, 15) is 4.79 Å². The van der Waals surface area contributed by atoms with Crippen LogP contribution in [0.3, 0.4) is 0 Å². The third-order valence-electron chi connectivity index (χ3n) is 5.66. The lowest BCUT2D eigenvalue weighted by Crippen LogP contribution is -2.58. The minimum Gasteiger partial charge on any atom is -0.459 e. The van der Waals surface area contributed by atoms with Crippen LogP contribution >= 0.6 is 0 Å². The molecule has 1 amide bonds. The highest BCUT2D eigenvalue weighted by atomic mass is 16.5. The monoisotopic (exact) mass is 374 g/mol. The van der Waals surface area contributed by atoms with Gasteiger partial charge in [0.2, 0.25) is 0 Å². The van der Waals surface area contributed by atoms with Crippen LogP contribution in [-0.2, 0) is 16.8 Å². The zero-order valence-electron chi connectivity index (χ0n) is 15.7. The van der Waals surface area contributed by atoms with Crippen LogP contribution in [0.5, 0.6) is 0 Å². The number of aromatic nitrogens is 4. The van der Waals surface area contributed by atoms with Gasteiger partial charge in [0.05, 0.1) is 19.4 Å². The fourth-order valence-electron chi connectivity index (χ4n) is 4.36. The summed E-state index contributed by atoms with van der Waals surface area (Å²) in [6.07, 6.45) is 5.69. The molecule has 1 atom stereocenters. The van der Waals surface area contributed by atoms with Crippen molar-refractivity contribution in [1.29, 1.82) is 0 Å². The summed E-state index contributed by atoms with van der Waals surface area (Å²) < 4.78 is 12.4. The second-order valence-corrected chi connectivity index (χ2v) is 7.25. The lowest BCUT2D eigenvalue weighted by atomic mass is 9.86. The van der Waals surface area contributed by atoms with Crippen LogP contribution in [0.25, 0.3) is 0 Å². The molecule has 4 rings (SSSR count). The van der Waals surface area contributed by atoms with Gasteiger partial charge in [0, 0.05) is 20.2 Å². The zero-order chi connectivity index (χ0) is 18.7. The lowest BCUT2D eigenvalue weighted by Gasteiger charge is -2.47. The molecule has 0 aliphatic carbocycles. The summed E-state index contributed by atoms with van der Waals surface area (Å²) in [7, 11) is 1.67. The summed E-state index contributed by atoms with van der Waals surface area (Å²) >= 11 is 0. The Hall–Kier alpha value is -2.26. The van der Waals surface area contributed by atoms with Gasteiger partial charge in [0.25, 0.3) is 5.91 Å². The summed E-state index contributed by atoms with van der Waals surface area (Å²) in [5, 5.41) is 12.5. The molecule has 2 aromatic heterocycles. The number of furan rings is 1. The Bertz CT molecular complexity index is 755. The molecule has 4 heterocycles. The van der Waals surface area contributed by atoms with E-state index < -0.39 is 0 Å². The maximum Gasteiger partial charge on any atom is 0.289 e. The minimum absolute atomic E-state index is 0.0702. The predicted octanol–water partition coefficient (Wildman–Crippen LogP) is 1.14. The highest BCUT2D eigenvalue weighted by Crippen LogP contribution is 2.38. The quantitative estimate of drug-likeness (QED) is 0.749. The number of carbonyl (C=O) groups is 1. The fourth-order valence-corrected chi connectivity index (χ4v) is 4.36. The average molecular weight is 374 g/mol. The number of rotatable bonds is 6. The number of ether oxygens (including phenoxy) is 1. The molecule has 0 N–H and O–H groups in total. The molecule has 0 radical (unpaired) electrons. The van der Waals surface area contributed by atoms with Crippen molar-refractivity contribution < 1.29 is 13.9 Å². The molecule has 2 aromatic rings. The van der Waals surface area contributed by atoms with Crippen molar-refractivity contribution in [2.45, 2.75) is 37.8 Å². The van der Waals surface area contributed by atoms with E-state index in [-0.39, 0.29) is 11.4 Å². The maximum absolute atomic E-state index is 12.9. The number of methoxy groups -OCH3 is 1. The van der Waals surface area contributed by atoms with Crippen LogP contribution in [0.1, 0.15) is 42.1 Å². The first kappa shape index (κ1) is 18.1. The SMILES string of the molecule is COCCn1nnnc1C1(N2CCCC2)CCCN(C(=O)c2ccco2)C1. The van der Waals surface area contributed by atoms with Gasteiger partial charge in [-0.3, -0.25) is 9.69 Å². The first-order valence-electron chi connectivity index (χ1n) is 9.58. The topological polar surface area (TPSA) is 89.5 Å². The number of amides is 1. The van der Waals surface area contributed by atoms with Crippen molar-refractivity contribution in [1.82, 2.24) is 30.0 Å². The molecule has 0 aromatic carbocycles. The lowest BCUT2D eigenvalue weighted by molar-refractivity contribution is 0.0107. The van der Waals surface area contributed by atoms with Gasteiger partial charge in [-0.05, 0) is 61.3 Å². The summed E-state index contributed by atoms with van der Waals surface area (Å²) in [6.45, 7) is 4.43.